The maximum absolute atomic E-state index is 12.4. The quantitative estimate of drug-likeness (QED) is 0.863. The van der Waals surface area contributed by atoms with Crippen molar-refractivity contribution >= 4 is 5.91 Å². The number of nitrogens with zero attached hydrogens (tertiary/aromatic N) is 1. The molecule has 1 saturated heterocycles. The van der Waals surface area contributed by atoms with Crippen molar-refractivity contribution in [2.24, 2.45) is 23.5 Å². The van der Waals surface area contributed by atoms with Crippen molar-refractivity contribution in [2.45, 2.75) is 70.3 Å². The molecular formula is C17H30N2O. The van der Waals surface area contributed by atoms with E-state index in [1.165, 1.54) is 44.9 Å². The molecule has 2 N–H and O–H groups in total. The Morgan fingerprint density at radius 3 is 2.55 bits per heavy atom. The van der Waals surface area contributed by atoms with Gasteiger partial charge in [-0.05, 0) is 37.0 Å². The summed E-state index contributed by atoms with van der Waals surface area (Å²) in [5.41, 5.74) is 6.24. The first-order valence-corrected chi connectivity index (χ1v) is 8.77. The summed E-state index contributed by atoms with van der Waals surface area (Å²) in [6.07, 6.45) is 12.5. The van der Waals surface area contributed by atoms with Crippen molar-refractivity contribution in [3.8, 4) is 0 Å². The predicted molar refractivity (Wildman–Crippen MR) is 81.2 cm³/mol. The van der Waals surface area contributed by atoms with Gasteiger partial charge in [0.15, 0.2) is 0 Å². The molecular weight excluding hydrogens is 248 g/mol. The molecule has 2 aliphatic carbocycles. The summed E-state index contributed by atoms with van der Waals surface area (Å²) in [5.74, 6) is 2.50. The zero-order chi connectivity index (χ0) is 13.9. The lowest BCUT2D eigenvalue weighted by molar-refractivity contribution is -0.130. The molecule has 3 atom stereocenters. The van der Waals surface area contributed by atoms with Crippen molar-refractivity contribution in [3.05, 3.63) is 0 Å². The third-order valence-electron chi connectivity index (χ3n) is 6.00. The van der Waals surface area contributed by atoms with Crippen LogP contribution in [0.2, 0.25) is 0 Å². The second-order valence-corrected chi connectivity index (χ2v) is 7.36. The largest absolute Gasteiger partial charge is 0.342 e. The van der Waals surface area contributed by atoms with Crippen LogP contribution >= 0.6 is 0 Å². The van der Waals surface area contributed by atoms with Gasteiger partial charge in [0.05, 0.1) is 0 Å². The number of carbonyl (C=O) groups excluding carboxylic acids is 1. The van der Waals surface area contributed by atoms with E-state index in [1.54, 1.807) is 0 Å². The molecule has 1 heterocycles. The molecule has 2 saturated carbocycles. The number of rotatable bonds is 3. The Morgan fingerprint density at radius 2 is 1.80 bits per heavy atom. The standard InChI is InChI=1S/C17H30N2O/c18-16-8-4-7-14-11-19(12-15(14)16)17(20)10-9-13-5-2-1-3-6-13/h13-16H,1-12,18H2. The van der Waals surface area contributed by atoms with E-state index in [1.807, 2.05) is 0 Å². The summed E-state index contributed by atoms with van der Waals surface area (Å²) in [5, 5.41) is 0. The molecule has 20 heavy (non-hydrogen) atoms. The van der Waals surface area contributed by atoms with Crippen LogP contribution in [0, 0.1) is 17.8 Å². The highest BCUT2D eigenvalue weighted by molar-refractivity contribution is 5.76. The topological polar surface area (TPSA) is 46.3 Å². The molecule has 3 nitrogen and oxygen atoms in total. The number of carbonyl (C=O) groups is 1. The van der Waals surface area contributed by atoms with Crippen LogP contribution in [0.25, 0.3) is 0 Å². The number of hydrogen-bond acceptors (Lipinski definition) is 2. The molecule has 3 fully saturated rings. The van der Waals surface area contributed by atoms with E-state index in [4.69, 9.17) is 5.73 Å². The Hall–Kier alpha value is -0.570. The Kier molecular flexibility index (Phi) is 4.65. The highest BCUT2D eigenvalue weighted by atomic mass is 16.2. The lowest BCUT2D eigenvalue weighted by Gasteiger charge is -2.29. The molecule has 0 bridgehead atoms. The normalized spacial score (nSPS) is 35.0. The fourth-order valence-corrected chi connectivity index (χ4v) is 4.68. The number of fused-ring (bicyclic) bond motifs is 1. The fraction of sp³-hybridized carbons (Fsp3) is 0.941. The van der Waals surface area contributed by atoms with Crippen molar-refractivity contribution in [3.63, 3.8) is 0 Å². The number of nitrogens with two attached hydrogens (primary N) is 1. The lowest BCUT2D eigenvalue weighted by Crippen LogP contribution is -2.38. The lowest BCUT2D eigenvalue weighted by atomic mass is 9.78. The third kappa shape index (κ3) is 3.19. The maximum Gasteiger partial charge on any atom is 0.222 e. The molecule has 3 aliphatic rings. The summed E-state index contributed by atoms with van der Waals surface area (Å²) < 4.78 is 0. The van der Waals surface area contributed by atoms with Gasteiger partial charge < -0.3 is 10.6 Å². The number of amides is 1. The van der Waals surface area contributed by atoms with Gasteiger partial charge in [-0.1, -0.05) is 38.5 Å². The highest BCUT2D eigenvalue weighted by Crippen LogP contribution is 2.36. The second-order valence-electron chi connectivity index (χ2n) is 7.36. The smallest absolute Gasteiger partial charge is 0.222 e. The summed E-state index contributed by atoms with van der Waals surface area (Å²) in [4.78, 5) is 14.6. The van der Waals surface area contributed by atoms with Crippen LogP contribution in [0.15, 0.2) is 0 Å². The van der Waals surface area contributed by atoms with E-state index in [-0.39, 0.29) is 0 Å². The number of hydrogen-bond donors (Lipinski definition) is 1. The molecule has 114 valence electrons. The summed E-state index contributed by atoms with van der Waals surface area (Å²) in [6, 6.07) is 0.338. The van der Waals surface area contributed by atoms with Gasteiger partial charge in [0.25, 0.3) is 0 Å². The summed E-state index contributed by atoms with van der Waals surface area (Å²) >= 11 is 0. The van der Waals surface area contributed by atoms with E-state index in [0.717, 1.165) is 38.3 Å². The first kappa shape index (κ1) is 14.4. The molecule has 1 aliphatic heterocycles. The minimum Gasteiger partial charge on any atom is -0.342 e. The predicted octanol–water partition coefficient (Wildman–Crippen LogP) is 2.93. The summed E-state index contributed by atoms with van der Waals surface area (Å²) in [7, 11) is 0. The van der Waals surface area contributed by atoms with Crippen LogP contribution in [-0.2, 0) is 4.79 Å². The fourth-order valence-electron chi connectivity index (χ4n) is 4.68. The first-order chi connectivity index (χ1) is 9.74. The van der Waals surface area contributed by atoms with Gasteiger partial charge in [-0.25, -0.2) is 0 Å². The Balaban J connectivity index is 1.46. The minimum atomic E-state index is 0.338. The molecule has 3 unspecified atom stereocenters. The number of likely N-dealkylation sites (tertiary alicyclic amines) is 1. The zero-order valence-electron chi connectivity index (χ0n) is 12.7. The van der Waals surface area contributed by atoms with Crippen LogP contribution < -0.4 is 5.73 Å². The molecule has 3 rings (SSSR count). The van der Waals surface area contributed by atoms with E-state index in [0.29, 0.717) is 23.8 Å². The van der Waals surface area contributed by atoms with E-state index in [2.05, 4.69) is 4.90 Å². The molecule has 0 aromatic heterocycles. The van der Waals surface area contributed by atoms with Crippen LogP contribution in [-0.4, -0.2) is 29.9 Å². The minimum absolute atomic E-state index is 0.338. The van der Waals surface area contributed by atoms with Gasteiger partial charge in [-0.2, -0.15) is 0 Å². The zero-order valence-corrected chi connectivity index (χ0v) is 12.7. The van der Waals surface area contributed by atoms with E-state index >= 15 is 0 Å². The average molecular weight is 278 g/mol. The van der Waals surface area contributed by atoms with Gasteiger partial charge in [-0.15, -0.1) is 0 Å². The van der Waals surface area contributed by atoms with E-state index < -0.39 is 0 Å². The van der Waals surface area contributed by atoms with Crippen molar-refractivity contribution in [1.29, 1.82) is 0 Å². The van der Waals surface area contributed by atoms with Gasteiger partial charge in [0.2, 0.25) is 5.91 Å². The third-order valence-corrected chi connectivity index (χ3v) is 6.00. The van der Waals surface area contributed by atoms with E-state index in [9.17, 15) is 4.79 Å². The Bertz CT molecular complexity index is 338. The monoisotopic (exact) mass is 278 g/mol. The molecule has 0 aromatic carbocycles. The van der Waals surface area contributed by atoms with Crippen LogP contribution in [0.1, 0.15) is 64.2 Å². The van der Waals surface area contributed by atoms with Crippen molar-refractivity contribution in [1.82, 2.24) is 4.90 Å². The second kappa shape index (κ2) is 6.46. The van der Waals surface area contributed by atoms with Crippen LogP contribution in [0.4, 0.5) is 0 Å². The SMILES string of the molecule is NC1CCCC2CN(C(=O)CCC3CCCCC3)CC12. The van der Waals surface area contributed by atoms with Gasteiger partial charge in [0, 0.05) is 25.6 Å². The average Bonchev–Trinajstić information content (AvgIpc) is 2.91. The van der Waals surface area contributed by atoms with Gasteiger partial charge in [-0.3, -0.25) is 4.79 Å². The Morgan fingerprint density at radius 1 is 1.00 bits per heavy atom. The molecule has 3 heteroatoms. The molecule has 1 amide bonds. The Labute approximate surface area is 123 Å². The van der Waals surface area contributed by atoms with Crippen molar-refractivity contribution in [2.75, 3.05) is 13.1 Å². The van der Waals surface area contributed by atoms with Crippen LogP contribution in [0.5, 0.6) is 0 Å². The summed E-state index contributed by atoms with van der Waals surface area (Å²) in [6.45, 7) is 1.93. The van der Waals surface area contributed by atoms with Crippen LogP contribution in [0.3, 0.4) is 0 Å². The first-order valence-electron chi connectivity index (χ1n) is 8.77. The maximum atomic E-state index is 12.4. The molecule has 0 radical (unpaired) electrons. The molecule has 0 aromatic rings. The van der Waals surface area contributed by atoms with Gasteiger partial charge in [0.1, 0.15) is 0 Å². The van der Waals surface area contributed by atoms with Gasteiger partial charge >= 0.3 is 0 Å². The molecule has 0 spiro atoms. The van der Waals surface area contributed by atoms with Crippen molar-refractivity contribution < 1.29 is 4.79 Å². The highest BCUT2D eigenvalue weighted by Gasteiger charge is 2.40.